The van der Waals surface area contributed by atoms with Crippen LogP contribution in [0.4, 0.5) is 5.82 Å². The van der Waals surface area contributed by atoms with Gasteiger partial charge < -0.3 is 5.32 Å². The Hall–Kier alpha value is -3.03. The minimum Gasteiger partial charge on any atom is -0.303 e. The summed E-state index contributed by atoms with van der Waals surface area (Å²) in [6, 6.07) is 6.21. The fraction of sp³-hybridized carbons (Fsp3) is 0.0833. The molecule has 0 spiro atoms. The summed E-state index contributed by atoms with van der Waals surface area (Å²) in [5, 5.41) is 15.9. The SMILES string of the molecule is Cc1ccc2c(NC(=O)c3ccc(=O)[nH]n3)n[nH]c2n1. The maximum absolute atomic E-state index is 12.0. The fourth-order valence-corrected chi connectivity index (χ4v) is 1.74. The highest BCUT2D eigenvalue weighted by Gasteiger charge is 2.12. The number of nitrogens with one attached hydrogen (secondary N) is 3. The van der Waals surface area contributed by atoms with E-state index in [0.717, 1.165) is 5.69 Å². The predicted molar refractivity (Wildman–Crippen MR) is 71.4 cm³/mol. The zero-order chi connectivity index (χ0) is 14.1. The van der Waals surface area contributed by atoms with Crippen molar-refractivity contribution in [1.29, 1.82) is 0 Å². The lowest BCUT2D eigenvalue weighted by atomic mass is 10.3. The number of hydrogen-bond acceptors (Lipinski definition) is 5. The zero-order valence-corrected chi connectivity index (χ0v) is 10.5. The van der Waals surface area contributed by atoms with Crippen molar-refractivity contribution in [3.63, 3.8) is 0 Å². The highest BCUT2D eigenvalue weighted by atomic mass is 16.2. The molecule has 0 bridgehead atoms. The molecule has 0 aliphatic rings. The summed E-state index contributed by atoms with van der Waals surface area (Å²) in [5.41, 5.74) is 1.17. The number of aromatic nitrogens is 5. The van der Waals surface area contributed by atoms with E-state index in [2.05, 4.69) is 30.7 Å². The third kappa shape index (κ3) is 2.14. The van der Waals surface area contributed by atoms with Crippen LogP contribution in [0.2, 0.25) is 0 Å². The van der Waals surface area contributed by atoms with Gasteiger partial charge in [-0.05, 0) is 25.1 Å². The van der Waals surface area contributed by atoms with E-state index in [1.165, 1.54) is 12.1 Å². The topological polar surface area (TPSA) is 116 Å². The maximum Gasteiger partial charge on any atom is 0.277 e. The van der Waals surface area contributed by atoms with Gasteiger partial charge in [-0.2, -0.15) is 10.2 Å². The number of carbonyl (C=O) groups is 1. The van der Waals surface area contributed by atoms with Gasteiger partial charge in [-0.25, -0.2) is 10.1 Å². The minimum absolute atomic E-state index is 0.0980. The summed E-state index contributed by atoms with van der Waals surface area (Å²) in [4.78, 5) is 27.1. The first kappa shape index (κ1) is 12.0. The number of fused-ring (bicyclic) bond motifs is 1. The number of rotatable bonds is 2. The molecule has 8 nitrogen and oxygen atoms in total. The molecule has 0 saturated heterocycles. The first-order chi connectivity index (χ1) is 9.63. The molecule has 3 N–H and O–H groups in total. The van der Waals surface area contributed by atoms with Crippen LogP contribution < -0.4 is 10.9 Å². The molecule has 0 aliphatic carbocycles. The van der Waals surface area contributed by atoms with E-state index in [1.807, 2.05) is 19.1 Å². The van der Waals surface area contributed by atoms with Gasteiger partial charge in [-0.15, -0.1) is 0 Å². The molecule has 3 rings (SSSR count). The minimum atomic E-state index is -0.463. The van der Waals surface area contributed by atoms with Crippen molar-refractivity contribution in [3.8, 4) is 0 Å². The highest BCUT2D eigenvalue weighted by molar-refractivity contribution is 6.06. The Balaban J connectivity index is 1.91. The van der Waals surface area contributed by atoms with E-state index in [0.29, 0.717) is 16.9 Å². The lowest BCUT2D eigenvalue weighted by Crippen LogP contribution is -2.17. The molecule has 0 radical (unpaired) electrons. The Bertz CT molecular complexity index is 830. The molecule has 0 aliphatic heterocycles. The van der Waals surface area contributed by atoms with Crippen LogP contribution in [0.1, 0.15) is 16.2 Å². The average Bonchev–Trinajstić information content (AvgIpc) is 2.81. The number of aryl methyl sites for hydroxylation is 1. The summed E-state index contributed by atoms with van der Waals surface area (Å²) in [5.74, 6) is -0.0966. The number of nitrogens with zero attached hydrogens (tertiary/aromatic N) is 3. The molecule has 0 atom stereocenters. The molecule has 20 heavy (non-hydrogen) atoms. The van der Waals surface area contributed by atoms with Crippen molar-refractivity contribution in [2.24, 2.45) is 0 Å². The first-order valence-electron chi connectivity index (χ1n) is 5.82. The van der Waals surface area contributed by atoms with Crippen LogP contribution in [0.15, 0.2) is 29.1 Å². The van der Waals surface area contributed by atoms with Crippen molar-refractivity contribution in [3.05, 3.63) is 46.0 Å². The number of carbonyl (C=O) groups excluding carboxylic acids is 1. The van der Waals surface area contributed by atoms with Gasteiger partial charge in [0.1, 0.15) is 5.69 Å². The standard InChI is InChI=1S/C12H10N6O2/c1-6-2-3-7-10(13-6)17-18-11(7)14-12(20)8-4-5-9(19)16-15-8/h2-5H,1H3,(H,16,19)(H2,13,14,17,18,20). The highest BCUT2D eigenvalue weighted by Crippen LogP contribution is 2.19. The molecule has 100 valence electrons. The number of aromatic amines is 2. The molecule has 3 aromatic heterocycles. The molecular formula is C12H10N6O2. The zero-order valence-electron chi connectivity index (χ0n) is 10.5. The van der Waals surface area contributed by atoms with Gasteiger partial charge in [0.25, 0.3) is 11.5 Å². The van der Waals surface area contributed by atoms with E-state index >= 15 is 0 Å². The van der Waals surface area contributed by atoms with Gasteiger partial charge in [0.2, 0.25) is 0 Å². The molecule has 1 amide bonds. The van der Waals surface area contributed by atoms with Crippen molar-refractivity contribution < 1.29 is 4.79 Å². The van der Waals surface area contributed by atoms with Crippen molar-refractivity contribution in [2.45, 2.75) is 6.92 Å². The third-order valence-electron chi connectivity index (χ3n) is 2.71. The lowest BCUT2D eigenvalue weighted by molar-refractivity contribution is 0.102. The Morgan fingerprint density at radius 3 is 2.75 bits per heavy atom. The number of H-pyrrole nitrogens is 2. The summed E-state index contributed by atoms with van der Waals surface area (Å²) >= 11 is 0. The fourth-order valence-electron chi connectivity index (χ4n) is 1.74. The maximum atomic E-state index is 12.0. The van der Waals surface area contributed by atoms with Gasteiger partial charge in [-0.3, -0.25) is 14.7 Å². The van der Waals surface area contributed by atoms with Crippen molar-refractivity contribution in [2.75, 3.05) is 5.32 Å². The largest absolute Gasteiger partial charge is 0.303 e. The van der Waals surface area contributed by atoms with E-state index in [-0.39, 0.29) is 11.3 Å². The average molecular weight is 270 g/mol. The van der Waals surface area contributed by atoms with Crippen LogP contribution in [0.25, 0.3) is 11.0 Å². The summed E-state index contributed by atoms with van der Waals surface area (Å²) in [6.45, 7) is 1.86. The number of pyridine rings is 1. The van der Waals surface area contributed by atoms with Gasteiger partial charge in [0, 0.05) is 11.8 Å². The molecule has 3 aromatic rings. The third-order valence-corrected chi connectivity index (χ3v) is 2.71. The Labute approximate surface area is 112 Å². The molecule has 0 aromatic carbocycles. The van der Waals surface area contributed by atoms with E-state index < -0.39 is 5.91 Å². The van der Waals surface area contributed by atoms with E-state index in [9.17, 15) is 9.59 Å². The Kier molecular flexibility index (Phi) is 2.75. The Morgan fingerprint density at radius 2 is 2.00 bits per heavy atom. The molecule has 3 heterocycles. The molecule has 8 heteroatoms. The normalized spacial score (nSPS) is 10.7. The second kappa shape index (κ2) is 4.57. The van der Waals surface area contributed by atoms with Gasteiger partial charge >= 0.3 is 0 Å². The monoisotopic (exact) mass is 270 g/mol. The lowest BCUT2D eigenvalue weighted by Gasteiger charge is -2.01. The number of amides is 1. The summed E-state index contributed by atoms with van der Waals surface area (Å²) < 4.78 is 0. The van der Waals surface area contributed by atoms with Crippen LogP contribution in [0.5, 0.6) is 0 Å². The number of anilines is 1. The van der Waals surface area contributed by atoms with Gasteiger partial charge in [0.15, 0.2) is 11.5 Å². The van der Waals surface area contributed by atoms with Crippen molar-refractivity contribution >= 4 is 22.8 Å². The summed E-state index contributed by atoms with van der Waals surface area (Å²) in [6.07, 6.45) is 0. The van der Waals surface area contributed by atoms with Crippen LogP contribution in [0.3, 0.4) is 0 Å². The van der Waals surface area contributed by atoms with Crippen LogP contribution in [-0.2, 0) is 0 Å². The van der Waals surface area contributed by atoms with Crippen molar-refractivity contribution in [1.82, 2.24) is 25.4 Å². The van der Waals surface area contributed by atoms with Crippen LogP contribution in [0, 0.1) is 6.92 Å². The smallest absolute Gasteiger partial charge is 0.277 e. The molecular weight excluding hydrogens is 260 g/mol. The van der Waals surface area contributed by atoms with Gasteiger partial charge in [-0.1, -0.05) is 0 Å². The summed E-state index contributed by atoms with van der Waals surface area (Å²) in [7, 11) is 0. The van der Waals surface area contributed by atoms with E-state index in [1.54, 1.807) is 0 Å². The first-order valence-corrected chi connectivity index (χ1v) is 5.82. The second-order valence-corrected chi connectivity index (χ2v) is 4.18. The van der Waals surface area contributed by atoms with Crippen LogP contribution >= 0.6 is 0 Å². The quantitative estimate of drug-likeness (QED) is 0.630. The predicted octanol–water partition coefficient (Wildman–Crippen LogP) is 0.602. The Morgan fingerprint density at radius 1 is 1.15 bits per heavy atom. The molecule has 0 unspecified atom stereocenters. The van der Waals surface area contributed by atoms with Gasteiger partial charge in [0.05, 0.1) is 5.39 Å². The van der Waals surface area contributed by atoms with E-state index in [4.69, 9.17) is 0 Å². The second-order valence-electron chi connectivity index (χ2n) is 4.18. The number of hydrogen-bond donors (Lipinski definition) is 3. The molecule has 0 saturated carbocycles. The molecule has 0 fully saturated rings. The van der Waals surface area contributed by atoms with Crippen LogP contribution in [-0.4, -0.2) is 31.3 Å².